The van der Waals surface area contributed by atoms with Crippen LogP contribution in [0.1, 0.15) is 31.9 Å². The van der Waals surface area contributed by atoms with Crippen LogP contribution in [-0.2, 0) is 17.9 Å². The molecule has 1 aromatic heterocycles. The number of guanidine groups is 1. The fourth-order valence-corrected chi connectivity index (χ4v) is 2.39. The van der Waals surface area contributed by atoms with Crippen molar-refractivity contribution in [1.29, 1.82) is 0 Å². The Labute approximate surface area is 178 Å². The lowest BCUT2D eigenvalue weighted by atomic mass is 10.1. The highest BCUT2D eigenvalue weighted by Crippen LogP contribution is 2.06. The molecule has 27 heavy (non-hydrogen) atoms. The molecule has 2 aromatic rings. The van der Waals surface area contributed by atoms with E-state index in [0.29, 0.717) is 12.5 Å². The predicted octanol–water partition coefficient (Wildman–Crippen LogP) is 2.13. The number of rotatable bonds is 6. The lowest BCUT2D eigenvalue weighted by Gasteiger charge is -2.21. The lowest BCUT2D eigenvalue weighted by molar-refractivity contribution is -0.121. The van der Waals surface area contributed by atoms with Gasteiger partial charge in [-0.1, -0.05) is 24.3 Å². The number of imidazole rings is 1. The van der Waals surface area contributed by atoms with Gasteiger partial charge >= 0.3 is 0 Å². The quantitative estimate of drug-likeness (QED) is 0.333. The van der Waals surface area contributed by atoms with E-state index >= 15 is 0 Å². The number of halogens is 1. The van der Waals surface area contributed by atoms with Crippen molar-refractivity contribution in [3.8, 4) is 0 Å². The SMILES string of the molecule is CN=C(NCC(=O)NC(C)(C)C)NCc1ccc(Cn2ccnc2)cc1.I. The maximum absolute atomic E-state index is 11.9. The van der Waals surface area contributed by atoms with Crippen molar-refractivity contribution < 1.29 is 4.79 Å². The molecule has 0 aliphatic rings. The van der Waals surface area contributed by atoms with Gasteiger partial charge in [0.2, 0.25) is 5.91 Å². The number of hydrogen-bond donors (Lipinski definition) is 3. The third-order valence-electron chi connectivity index (χ3n) is 3.56. The summed E-state index contributed by atoms with van der Waals surface area (Å²) in [4.78, 5) is 20.0. The molecule has 0 aliphatic carbocycles. The zero-order valence-electron chi connectivity index (χ0n) is 16.3. The van der Waals surface area contributed by atoms with Crippen molar-refractivity contribution in [2.75, 3.05) is 13.6 Å². The van der Waals surface area contributed by atoms with Gasteiger partial charge in [0.1, 0.15) is 0 Å². The van der Waals surface area contributed by atoms with Gasteiger partial charge in [0.25, 0.3) is 0 Å². The molecule has 1 aromatic carbocycles. The van der Waals surface area contributed by atoms with Crippen molar-refractivity contribution in [2.45, 2.75) is 39.4 Å². The monoisotopic (exact) mass is 484 g/mol. The van der Waals surface area contributed by atoms with Crippen LogP contribution in [0.25, 0.3) is 0 Å². The molecule has 0 saturated heterocycles. The van der Waals surface area contributed by atoms with Crippen LogP contribution in [0, 0.1) is 0 Å². The fourth-order valence-electron chi connectivity index (χ4n) is 2.39. The summed E-state index contributed by atoms with van der Waals surface area (Å²) < 4.78 is 2.03. The summed E-state index contributed by atoms with van der Waals surface area (Å²) in [7, 11) is 1.69. The second kappa shape index (κ2) is 10.9. The first kappa shape index (κ1) is 22.9. The first-order valence-electron chi connectivity index (χ1n) is 8.65. The highest BCUT2D eigenvalue weighted by Gasteiger charge is 2.13. The summed E-state index contributed by atoms with van der Waals surface area (Å²) in [6.07, 6.45) is 5.53. The Hall–Kier alpha value is -2.10. The van der Waals surface area contributed by atoms with E-state index < -0.39 is 0 Å². The van der Waals surface area contributed by atoms with E-state index in [-0.39, 0.29) is 42.0 Å². The van der Waals surface area contributed by atoms with Crippen LogP contribution in [0.15, 0.2) is 48.0 Å². The molecule has 1 heterocycles. The van der Waals surface area contributed by atoms with Crippen LogP contribution in [0.2, 0.25) is 0 Å². The van der Waals surface area contributed by atoms with Crippen LogP contribution < -0.4 is 16.0 Å². The normalized spacial score (nSPS) is 11.5. The van der Waals surface area contributed by atoms with Gasteiger partial charge in [0, 0.05) is 38.1 Å². The Kier molecular flexibility index (Phi) is 9.27. The van der Waals surface area contributed by atoms with Crippen molar-refractivity contribution in [3.63, 3.8) is 0 Å². The molecule has 0 aliphatic heterocycles. The number of hydrogen-bond acceptors (Lipinski definition) is 3. The van der Waals surface area contributed by atoms with E-state index in [4.69, 9.17) is 0 Å². The standard InChI is InChI=1S/C19H28N6O.HI/c1-19(2,3)24-17(26)12-23-18(20-4)22-11-15-5-7-16(8-6-15)13-25-10-9-21-14-25;/h5-10,14H,11-13H2,1-4H3,(H,24,26)(H2,20,22,23);1H. The molecule has 1 amide bonds. The number of amides is 1. The molecule has 0 fully saturated rings. The van der Waals surface area contributed by atoms with E-state index in [1.165, 1.54) is 5.56 Å². The summed E-state index contributed by atoms with van der Waals surface area (Å²) in [5.74, 6) is 0.529. The highest BCUT2D eigenvalue weighted by molar-refractivity contribution is 14.0. The lowest BCUT2D eigenvalue weighted by Crippen LogP contribution is -2.48. The van der Waals surface area contributed by atoms with Crippen molar-refractivity contribution in [2.24, 2.45) is 4.99 Å². The zero-order valence-corrected chi connectivity index (χ0v) is 18.7. The van der Waals surface area contributed by atoms with E-state index in [2.05, 4.69) is 50.2 Å². The van der Waals surface area contributed by atoms with Gasteiger partial charge in [-0.15, -0.1) is 24.0 Å². The first-order valence-corrected chi connectivity index (χ1v) is 8.65. The average molecular weight is 484 g/mol. The van der Waals surface area contributed by atoms with Crippen molar-refractivity contribution >= 4 is 35.8 Å². The Morgan fingerprint density at radius 2 is 1.81 bits per heavy atom. The van der Waals surface area contributed by atoms with Gasteiger partial charge in [0.15, 0.2) is 5.96 Å². The summed E-state index contributed by atoms with van der Waals surface area (Å²) in [5, 5.41) is 9.14. The summed E-state index contributed by atoms with van der Waals surface area (Å²) in [6.45, 7) is 7.48. The Morgan fingerprint density at radius 3 is 2.37 bits per heavy atom. The Balaban J connectivity index is 0.00000364. The van der Waals surface area contributed by atoms with Crippen LogP contribution in [0.4, 0.5) is 0 Å². The Bertz CT molecular complexity index is 720. The van der Waals surface area contributed by atoms with E-state index in [0.717, 1.165) is 12.1 Å². The number of aromatic nitrogens is 2. The summed E-state index contributed by atoms with van der Waals surface area (Å²) >= 11 is 0. The van der Waals surface area contributed by atoms with Gasteiger partial charge < -0.3 is 20.5 Å². The zero-order chi connectivity index (χ0) is 19.0. The summed E-state index contributed by atoms with van der Waals surface area (Å²) in [5.41, 5.74) is 2.11. The second-order valence-electron chi connectivity index (χ2n) is 7.13. The van der Waals surface area contributed by atoms with Crippen LogP contribution in [0.3, 0.4) is 0 Å². The number of carbonyl (C=O) groups is 1. The number of benzene rings is 1. The van der Waals surface area contributed by atoms with E-state index in [9.17, 15) is 4.79 Å². The third-order valence-corrected chi connectivity index (χ3v) is 3.56. The smallest absolute Gasteiger partial charge is 0.239 e. The van der Waals surface area contributed by atoms with Crippen molar-refractivity contribution in [1.82, 2.24) is 25.5 Å². The fraction of sp³-hybridized carbons (Fsp3) is 0.421. The van der Waals surface area contributed by atoms with Crippen LogP contribution >= 0.6 is 24.0 Å². The summed E-state index contributed by atoms with van der Waals surface area (Å²) in [6, 6.07) is 8.37. The Morgan fingerprint density at radius 1 is 1.15 bits per heavy atom. The average Bonchev–Trinajstić information content (AvgIpc) is 3.08. The topological polar surface area (TPSA) is 83.3 Å². The molecule has 0 spiro atoms. The van der Waals surface area contributed by atoms with Gasteiger partial charge in [-0.3, -0.25) is 9.79 Å². The molecule has 148 valence electrons. The van der Waals surface area contributed by atoms with E-state index in [1.54, 1.807) is 19.6 Å². The van der Waals surface area contributed by atoms with Gasteiger partial charge in [-0.2, -0.15) is 0 Å². The molecule has 7 nitrogen and oxygen atoms in total. The van der Waals surface area contributed by atoms with Crippen molar-refractivity contribution in [3.05, 3.63) is 54.1 Å². The minimum atomic E-state index is -0.242. The van der Waals surface area contributed by atoms with Gasteiger partial charge in [-0.05, 0) is 31.9 Å². The molecule has 8 heteroatoms. The predicted molar refractivity (Wildman–Crippen MR) is 119 cm³/mol. The van der Waals surface area contributed by atoms with Crippen LogP contribution in [0.5, 0.6) is 0 Å². The largest absolute Gasteiger partial charge is 0.352 e. The maximum atomic E-state index is 11.9. The number of aliphatic imine (C=N–C) groups is 1. The van der Waals surface area contributed by atoms with Crippen LogP contribution in [-0.4, -0.2) is 40.5 Å². The maximum Gasteiger partial charge on any atom is 0.239 e. The van der Waals surface area contributed by atoms with Gasteiger partial charge in [0.05, 0.1) is 12.9 Å². The molecular weight excluding hydrogens is 455 g/mol. The molecule has 2 rings (SSSR count). The molecular formula is C19H29IN6O. The number of carbonyl (C=O) groups excluding carboxylic acids is 1. The van der Waals surface area contributed by atoms with E-state index in [1.807, 2.05) is 31.5 Å². The number of nitrogens with one attached hydrogen (secondary N) is 3. The third kappa shape index (κ3) is 8.89. The second-order valence-corrected chi connectivity index (χ2v) is 7.13. The first-order chi connectivity index (χ1) is 12.4. The highest BCUT2D eigenvalue weighted by atomic mass is 127. The molecule has 0 bridgehead atoms. The molecule has 3 N–H and O–H groups in total. The molecule has 0 unspecified atom stereocenters. The molecule has 0 radical (unpaired) electrons. The minimum absolute atomic E-state index is 0. The molecule has 0 saturated carbocycles. The minimum Gasteiger partial charge on any atom is -0.352 e. The number of nitrogens with zero attached hydrogens (tertiary/aromatic N) is 3. The molecule has 0 atom stereocenters. The van der Waals surface area contributed by atoms with Gasteiger partial charge in [-0.25, -0.2) is 4.98 Å².